The van der Waals surface area contributed by atoms with Crippen molar-refractivity contribution < 1.29 is 14.9 Å². The predicted octanol–water partition coefficient (Wildman–Crippen LogP) is 2.24. The van der Waals surface area contributed by atoms with E-state index in [0.717, 1.165) is 5.56 Å². The van der Waals surface area contributed by atoms with Crippen molar-refractivity contribution in [1.82, 2.24) is 10.6 Å². The van der Waals surface area contributed by atoms with Crippen LogP contribution in [0.2, 0.25) is 10.0 Å². The third kappa shape index (κ3) is 6.64. The molecule has 0 unspecified atom stereocenters. The molecule has 1 aromatic rings. The second-order valence-electron chi connectivity index (χ2n) is 6.15. The standard InChI is InChI=1S/C15H21Cl2N3O2/c1-9(11-6-5-10(16)7-12(11)17)18-8-13(21)19-14(22)20-15(2,3)4/h5-7,9,18H,8H2,1-4H3,(H2,19,20,21,22)/p+1/t9-/m1/s1. The largest absolute Gasteiger partial charge is 0.333 e. The van der Waals surface area contributed by atoms with Crippen molar-refractivity contribution in [2.75, 3.05) is 6.54 Å². The summed E-state index contributed by atoms with van der Waals surface area (Å²) in [6.07, 6.45) is 0. The molecule has 1 atom stereocenters. The lowest BCUT2D eigenvalue weighted by Gasteiger charge is -2.20. The Kier molecular flexibility index (Phi) is 6.66. The molecule has 22 heavy (non-hydrogen) atoms. The number of urea groups is 1. The molecule has 0 saturated carbocycles. The van der Waals surface area contributed by atoms with Gasteiger partial charge < -0.3 is 10.6 Å². The zero-order chi connectivity index (χ0) is 16.9. The summed E-state index contributed by atoms with van der Waals surface area (Å²) >= 11 is 12.0. The molecule has 0 aromatic heterocycles. The molecule has 1 aromatic carbocycles. The van der Waals surface area contributed by atoms with Crippen LogP contribution in [-0.4, -0.2) is 24.0 Å². The molecule has 0 aliphatic carbocycles. The first-order valence-corrected chi connectivity index (χ1v) is 7.74. The van der Waals surface area contributed by atoms with Gasteiger partial charge in [0.2, 0.25) is 0 Å². The number of nitrogens with one attached hydrogen (secondary N) is 2. The minimum Gasteiger partial charge on any atom is -0.333 e. The van der Waals surface area contributed by atoms with Gasteiger partial charge in [-0.2, -0.15) is 0 Å². The van der Waals surface area contributed by atoms with Crippen LogP contribution in [0.3, 0.4) is 0 Å². The number of hydrogen-bond donors (Lipinski definition) is 3. The number of carbonyl (C=O) groups excluding carboxylic acids is 2. The molecular weight excluding hydrogens is 325 g/mol. The fourth-order valence-corrected chi connectivity index (χ4v) is 2.41. The second-order valence-corrected chi connectivity index (χ2v) is 6.99. The maximum Gasteiger partial charge on any atom is 0.322 e. The topological polar surface area (TPSA) is 74.8 Å². The molecule has 0 saturated heterocycles. The van der Waals surface area contributed by atoms with Crippen LogP contribution in [0.25, 0.3) is 0 Å². The highest BCUT2D eigenvalue weighted by atomic mass is 35.5. The highest BCUT2D eigenvalue weighted by molar-refractivity contribution is 6.35. The van der Waals surface area contributed by atoms with E-state index in [1.54, 1.807) is 17.4 Å². The number of halogens is 2. The first-order valence-electron chi connectivity index (χ1n) is 6.99. The zero-order valence-electron chi connectivity index (χ0n) is 13.2. The molecule has 0 heterocycles. The summed E-state index contributed by atoms with van der Waals surface area (Å²) in [5.41, 5.74) is 0.496. The van der Waals surface area contributed by atoms with Crippen molar-refractivity contribution in [3.63, 3.8) is 0 Å². The molecule has 0 bridgehead atoms. The monoisotopic (exact) mass is 346 g/mol. The van der Waals surface area contributed by atoms with Gasteiger partial charge >= 0.3 is 6.03 Å². The average molecular weight is 347 g/mol. The van der Waals surface area contributed by atoms with E-state index in [2.05, 4.69) is 10.6 Å². The van der Waals surface area contributed by atoms with Crippen LogP contribution < -0.4 is 16.0 Å². The molecule has 1 rings (SSSR count). The van der Waals surface area contributed by atoms with E-state index in [9.17, 15) is 9.59 Å². The first kappa shape index (κ1) is 18.7. The van der Waals surface area contributed by atoms with E-state index < -0.39 is 11.6 Å². The Balaban J connectivity index is 2.48. The molecule has 122 valence electrons. The van der Waals surface area contributed by atoms with E-state index in [4.69, 9.17) is 23.2 Å². The number of imide groups is 1. The maximum atomic E-state index is 11.8. The fourth-order valence-electron chi connectivity index (χ4n) is 1.83. The highest BCUT2D eigenvalue weighted by Crippen LogP contribution is 2.24. The van der Waals surface area contributed by atoms with Crippen molar-refractivity contribution in [2.24, 2.45) is 0 Å². The van der Waals surface area contributed by atoms with E-state index in [-0.39, 0.29) is 18.5 Å². The number of carbonyl (C=O) groups is 2. The predicted molar refractivity (Wildman–Crippen MR) is 88.1 cm³/mol. The molecule has 7 heteroatoms. The Bertz CT molecular complexity index is 556. The van der Waals surface area contributed by atoms with Crippen molar-refractivity contribution >= 4 is 35.1 Å². The van der Waals surface area contributed by atoms with Crippen LogP contribution in [-0.2, 0) is 4.79 Å². The molecule has 3 amide bonds. The quantitative estimate of drug-likeness (QED) is 0.781. The number of quaternary nitrogens is 1. The van der Waals surface area contributed by atoms with E-state index in [1.807, 2.05) is 33.8 Å². The third-order valence-corrected chi connectivity index (χ3v) is 3.41. The Morgan fingerprint density at radius 2 is 1.91 bits per heavy atom. The van der Waals surface area contributed by atoms with Crippen molar-refractivity contribution in [3.8, 4) is 0 Å². The second kappa shape index (κ2) is 7.81. The zero-order valence-corrected chi connectivity index (χ0v) is 14.7. The smallest absolute Gasteiger partial charge is 0.322 e. The lowest BCUT2D eigenvalue weighted by Crippen LogP contribution is -2.87. The summed E-state index contributed by atoms with van der Waals surface area (Å²) in [7, 11) is 0. The maximum absolute atomic E-state index is 11.8. The van der Waals surface area contributed by atoms with E-state index >= 15 is 0 Å². The SMILES string of the molecule is C[C@@H]([NH2+]CC(=O)NC(=O)NC(C)(C)C)c1ccc(Cl)cc1Cl. The number of hydrogen-bond acceptors (Lipinski definition) is 2. The summed E-state index contributed by atoms with van der Waals surface area (Å²) in [6.45, 7) is 7.57. The van der Waals surface area contributed by atoms with Gasteiger partial charge in [-0.1, -0.05) is 29.3 Å². The Morgan fingerprint density at radius 3 is 2.45 bits per heavy atom. The number of rotatable bonds is 4. The van der Waals surface area contributed by atoms with Gasteiger partial charge in [-0.15, -0.1) is 0 Å². The van der Waals surface area contributed by atoms with Gasteiger partial charge in [-0.25, -0.2) is 4.79 Å². The lowest BCUT2D eigenvalue weighted by atomic mass is 10.1. The van der Waals surface area contributed by atoms with Crippen molar-refractivity contribution in [1.29, 1.82) is 0 Å². The number of benzene rings is 1. The van der Waals surface area contributed by atoms with Gasteiger partial charge in [0, 0.05) is 16.1 Å². The molecular formula is C15H22Cl2N3O2+. The molecule has 0 aliphatic heterocycles. The normalized spacial score (nSPS) is 12.6. The average Bonchev–Trinajstić information content (AvgIpc) is 2.33. The number of nitrogens with two attached hydrogens (primary N) is 1. The summed E-state index contributed by atoms with van der Waals surface area (Å²) in [6, 6.07) is 4.73. The highest BCUT2D eigenvalue weighted by Gasteiger charge is 2.18. The summed E-state index contributed by atoms with van der Waals surface area (Å²) in [5.74, 6) is -0.362. The fraction of sp³-hybridized carbons (Fsp3) is 0.467. The van der Waals surface area contributed by atoms with Crippen LogP contribution in [0.15, 0.2) is 18.2 Å². The van der Waals surface area contributed by atoms with Crippen LogP contribution >= 0.6 is 23.2 Å². The van der Waals surface area contributed by atoms with Crippen LogP contribution in [0.5, 0.6) is 0 Å². The minimum absolute atomic E-state index is 0.0267. The van der Waals surface area contributed by atoms with Gasteiger partial charge in [0.25, 0.3) is 5.91 Å². The molecule has 5 nitrogen and oxygen atoms in total. The number of amides is 3. The van der Waals surface area contributed by atoms with Crippen LogP contribution in [0.4, 0.5) is 4.79 Å². The Morgan fingerprint density at radius 1 is 1.27 bits per heavy atom. The van der Waals surface area contributed by atoms with E-state index in [1.165, 1.54) is 0 Å². The van der Waals surface area contributed by atoms with Gasteiger partial charge in [-0.05, 0) is 39.8 Å². The van der Waals surface area contributed by atoms with Gasteiger partial charge in [0.05, 0.1) is 5.02 Å². The molecule has 0 spiro atoms. The lowest BCUT2D eigenvalue weighted by molar-refractivity contribution is -0.682. The molecule has 0 fully saturated rings. The van der Waals surface area contributed by atoms with E-state index in [0.29, 0.717) is 10.0 Å². The summed E-state index contributed by atoms with van der Waals surface area (Å²) in [4.78, 5) is 23.3. The molecule has 0 radical (unpaired) electrons. The van der Waals surface area contributed by atoms with Gasteiger partial charge in [-0.3, -0.25) is 10.1 Å². The molecule has 4 N–H and O–H groups in total. The van der Waals surface area contributed by atoms with Crippen LogP contribution in [0, 0.1) is 0 Å². The third-order valence-electron chi connectivity index (χ3n) is 2.85. The minimum atomic E-state index is -0.497. The molecule has 0 aliphatic rings. The van der Waals surface area contributed by atoms with Gasteiger partial charge in [0.15, 0.2) is 6.54 Å². The van der Waals surface area contributed by atoms with Crippen molar-refractivity contribution in [2.45, 2.75) is 39.3 Å². The first-order chi connectivity index (χ1) is 10.1. The Hall–Kier alpha value is -1.30. The van der Waals surface area contributed by atoms with Crippen molar-refractivity contribution in [3.05, 3.63) is 33.8 Å². The van der Waals surface area contributed by atoms with Crippen LogP contribution in [0.1, 0.15) is 39.3 Å². The summed E-state index contributed by atoms with van der Waals surface area (Å²) in [5, 5.41) is 7.88. The van der Waals surface area contributed by atoms with Gasteiger partial charge in [0.1, 0.15) is 6.04 Å². The Labute approximate surface area is 140 Å². The summed E-state index contributed by atoms with van der Waals surface area (Å²) < 4.78 is 0.